The first-order valence-corrected chi connectivity index (χ1v) is 12.7. The molecule has 0 atom stereocenters. The number of esters is 1. The molecule has 4 rings (SSSR count). The fourth-order valence-electron chi connectivity index (χ4n) is 4.14. The molecule has 0 aliphatic heterocycles. The normalized spacial score (nSPS) is 11.2. The van der Waals surface area contributed by atoms with Crippen molar-refractivity contribution in [3.8, 4) is 12.1 Å². The van der Waals surface area contributed by atoms with Gasteiger partial charge in [0.1, 0.15) is 17.0 Å². The van der Waals surface area contributed by atoms with Crippen LogP contribution >= 0.6 is 22.9 Å². The second kappa shape index (κ2) is 11.3. The molecule has 0 fully saturated rings. The van der Waals surface area contributed by atoms with Crippen molar-refractivity contribution in [1.82, 2.24) is 4.57 Å². The number of hydrogen-bond acceptors (Lipinski definition) is 6. The van der Waals surface area contributed by atoms with Crippen LogP contribution in [-0.2, 0) is 22.5 Å². The van der Waals surface area contributed by atoms with Crippen molar-refractivity contribution < 1.29 is 14.3 Å². The molecule has 0 radical (unpaired) electrons. The van der Waals surface area contributed by atoms with E-state index in [0.29, 0.717) is 26.9 Å². The van der Waals surface area contributed by atoms with Crippen LogP contribution in [0.2, 0.25) is 5.02 Å². The molecule has 37 heavy (non-hydrogen) atoms. The summed E-state index contributed by atoms with van der Waals surface area (Å²) in [7, 11) is 0. The average Bonchev–Trinajstić information content (AvgIpc) is 3.40. The monoisotopic (exact) mass is 527 g/mol. The van der Waals surface area contributed by atoms with Crippen LogP contribution in [-0.4, -0.2) is 22.9 Å². The summed E-state index contributed by atoms with van der Waals surface area (Å²) in [5.74, 6) is -0.957. The number of aromatic nitrogens is 1. The number of thiophene rings is 1. The standard InChI is InChI=1S/C29H22ClN3O3S/c1-3-36-29(35)28-18(2)23(15-32)27(37-28)13-26(34)20(14-31)12-21-17-33(25-11-7-5-9-22(21)25)16-19-8-4-6-10-24(19)30/h4-12,17H,3,13,16H2,1-2H3/b20-12+. The molecule has 0 amide bonds. The third-order valence-corrected chi connectivity index (χ3v) is 7.59. The van der Waals surface area contributed by atoms with Crippen LogP contribution < -0.4 is 0 Å². The van der Waals surface area contributed by atoms with Gasteiger partial charge in [0.2, 0.25) is 0 Å². The van der Waals surface area contributed by atoms with E-state index in [1.165, 1.54) is 0 Å². The molecular weight excluding hydrogens is 506 g/mol. The van der Waals surface area contributed by atoms with Gasteiger partial charge in [-0.3, -0.25) is 4.79 Å². The molecule has 0 N–H and O–H groups in total. The first-order chi connectivity index (χ1) is 17.9. The van der Waals surface area contributed by atoms with Crippen molar-refractivity contribution in [2.75, 3.05) is 6.61 Å². The molecule has 0 saturated heterocycles. The molecule has 6 nitrogen and oxygen atoms in total. The number of nitrogens with zero attached hydrogens (tertiary/aromatic N) is 3. The first-order valence-electron chi connectivity index (χ1n) is 11.5. The lowest BCUT2D eigenvalue weighted by Gasteiger charge is -2.07. The van der Waals surface area contributed by atoms with Crippen molar-refractivity contribution in [3.63, 3.8) is 0 Å². The third-order valence-electron chi connectivity index (χ3n) is 5.95. The zero-order valence-electron chi connectivity index (χ0n) is 20.2. The molecule has 0 aliphatic carbocycles. The second-order valence-corrected chi connectivity index (χ2v) is 9.79. The lowest BCUT2D eigenvalue weighted by Crippen LogP contribution is -2.05. The summed E-state index contributed by atoms with van der Waals surface area (Å²) in [5, 5.41) is 21.0. The van der Waals surface area contributed by atoms with Crippen LogP contribution in [0.3, 0.4) is 0 Å². The van der Waals surface area contributed by atoms with Crippen molar-refractivity contribution >= 4 is 51.7 Å². The summed E-state index contributed by atoms with van der Waals surface area (Å²) in [6.45, 7) is 4.09. The minimum Gasteiger partial charge on any atom is -0.462 e. The molecule has 0 saturated carbocycles. The number of ketones is 1. The Kier molecular flexibility index (Phi) is 7.89. The van der Waals surface area contributed by atoms with Gasteiger partial charge >= 0.3 is 5.97 Å². The molecular formula is C29H22ClN3O3S. The van der Waals surface area contributed by atoms with E-state index in [0.717, 1.165) is 33.4 Å². The maximum absolute atomic E-state index is 13.2. The van der Waals surface area contributed by atoms with E-state index in [9.17, 15) is 20.1 Å². The van der Waals surface area contributed by atoms with Crippen LogP contribution in [0.15, 0.2) is 60.3 Å². The Morgan fingerprint density at radius 2 is 1.86 bits per heavy atom. The fraction of sp³-hybridized carbons (Fsp3) is 0.172. The highest BCUT2D eigenvalue weighted by Gasteiger charge is 2.23. The van der Waals surface area contributed by atoms with Gasteiger partial charge in [-0.1, -0.05) is 48.0 Å². The van der Waals surface area contributed by atoms with Gasteiger partial charge in [0.05, 0.1) is 17.7 Å². The zero-order valence-corrected chi connectivity index (χ0v) is 21.8. The van der Waals surface area contributed by atoms with Gasteiger partial charge in [0, 0.05) is 45.5 Å². The minimum atomic E-state index is -0.525. The number of allylic oxidation sites excluding steroid dienone is 1. The highest BCUT2D eigenvalue weighted by atomic mass is 35.5. The predicted octanol–water partition coefficient (Wildman–Crippen LogP) is 6.48. The third kappa shape index (κ3) is 5.34. The lowest BCUT2D eigenvalue weighted by atomic mass is 10.0. The van der Waals surface area contributed by atoms with Crippen molar-refractivity contribution in [3.05, 3.63) is 97.3 Å². The molecule has 0 aliphatic rings. The molecule has 0 spiro atoms. The second-order valence-electron chi connectivity index (χ2n) is 8.28. The first kappa shape index (κ1) is 25.9. The number of nitriles is 2. The number of halogens is 1. The molecule has 2 heterocycles. The lowest BCUT2D eigenvalue weighted by molar-refractivity contribution is -0.114. The van der Waals surface area contributed by atoms with Crippen molar-refractivity contribution in [2.45, 2.75) is 26.8 Å². The largest absolute Gasteiger partial charge is 0.462 e. The Labute approximate surface area is 223 Å². The average molecular weight is 528 g/mol. The number of carbonyl (C=O) groups is 2. The number of ether oxygens (including phenoxy) is 1. The highest BCUT2D eigenvalue weighted by Crippen LogP contribution is 2.30. The van der Waals surface area contributed by atoms with Gasteiger partial charge in [-0.2, -0.15) is 10.5 Å². The summed E-state index contributed by atoms with van der Waals surface area (Å²) in [6.07, 6.45) is 3.31. The number of benzene rings is 2. The number of carbonyl (C=O) groups excluding carboxylic acids is 2. The van der Waals surface area contributed by atoms with Crippen LogP contribution in [0.1, 0.15) is 43.7 Å². The van der Waals surface area contributed by atoms with E-state index in [2.05, 4.69) is 6.07 Å². The maximum Gasteiger partial charge on any atom is 0.348 e. The molecule has 8 heteroatoms. The van der Waals surface area contributed by atoms with Gasteiger partial charge in [-0.15, -0.1) is 11.3 Å². The van der Waals surface area contributed by atoms with Crippen molar-refractivity contribution in [1.29, 1.82) is 10.5 Å². The number of Topliss-reactive ketones (excluding diaryl/α,β-unsaturated/α-hetero) is 1. The Bertz CT molecular complexity index is 1630. The van der Waals surface area contributed by atoms with Crippen LogP contribution in [0.25, 0.3) is 17.0 Å². The quantitative estimate of drug-likeness (QED) is 0.148. The topological polar surface area (TPSA) is 95.9 Å². The maximum atomic E-state index is 13.2. The van der Waals surface area contributed by atoms with E-state index in [1.807, 2.05) is 65.4 Å². The smallest absolute Gasteiger partial charge is 0.348 e. The Balaban J connectivity index is 1.68. The molecule has 0 bridgehead atoms. The van der Waals surface area contributed by atoms with E-state index in [1.54, 1.807) is 19.9 Å². The molecule has 184 valence electrons. The number of hydrogen-bond donors (Lipinski definition) is 0. The van der Waals surface area contributed by atoms with Crippen LogP contribution in [0, 0.1) is 29.6 Å². The molecule has 2 aromatic carbocycles. The van der Waals surface area contributed by atoms with Gasteiger partial charge in [-0.25, -0.2) is 4.79 Å². The van der Waals surface area contributed by atoms with Gasteiger partial charge in [0.15, 0.2) is 5.78 Å². The minimum absolute atomic E-state index is 0.0340. The van der Waals surface area contributed by atoms with Gasteiger partial charge < -0.3 is 9.30 Å². The van der Waals surface area contributed by atoms with E-state index in [4.69, 9.17) is 16.3 Å². The molecule has 4 aromatic rings. The zero-order chi connectivity index (χ0) is 26.5. The SMILES string of the molecule is CCOC(=O)c1sc(CC(=O)/C(C#N)=C/c2cn(Cc3ccccc3Cl)c3ccccc23)c(C#N)c1C. The van der Waals surface area contributed by atoms with Gasteiger partial charge in [-0.05, 0) is 43.2 Å². The van der Waals surface area contributed by atoms with Crippen molar-refractivity contribution in [2.24, 2.45) is 0 Å². The predicted molar refractivity (Wildman–Crippen MR) is 145 cm³/mol. The van der Waals surface area contributed by atoms with Crippen LogP contribution in [0.5, 0.6) is 0 Å². The van der Waals surface area contributed by atoms with E-state index < -0.39 is 11.8 Å². The van der Waals surface area contributed by atoms with Crippen LogP contribution in [0.4, 0.5) is 0 Å². The summed E-state index contributed by atoms with van der Waals surface area (Å²) in [4.78, 5) is 26.2. The Morgan fingerprint density at radius 3 is 2.57 bits per heavy atom. The molecule has 0 unspecified atom stereocenters. The molecule has 2 aromatic heterocycles. The van der Waals surface area contributed by atoms with E-state index >= 15 is 0 Å². The number of para-hydroxylation sites is 1. The van der Waals surface area contributed by atoms with E-state index in [-0.39, 0.29) is 24.2 Å². The van der Waals surface area contributed by atoms with Gasteiger partial charge in [0.25, 0.3) is 0 Å². The Hall–Kier alpha value is -4.17. The number of rotatable bonds is 8. The summed E-state index contributed by atoms with van der Waals surface area (Å²) >= 11 is 7.43. The summed E-state index contributed by atoms with van der Waals surface area (Å²) < 4.78 is 7.10. The fourth-order valence-corrected chi connectivity index (χ4v) is 5.48. The highest BCUT2D eigenvalue weighted by molar-refractivity contribution is 7.14. The summed E-state index contributed by atoms with van der Waals surface area (Å²) in [6, 6.07) is 19.4. The number of fused-ring (bicyclic) bond motifs is 1. The Morgan fingerprint density at radius 1 is 1.14 bits per heavy atom. The summed E-state index contributed by atoms with van der Waals surface area (Å²) in [5.41, 5.74) is 3.34.